The highest BCUT2D eigenvalue weighted by molar-refractivity contribution is 5.57. The second-order valence-electron chi connectivity index (χ2n) is 3.06. The predicted octanol–water partition coefficient (Wildman–Crippen LogP) is 1.85. The first-order chi connectivity index (χ1) is 7.58. The monoisotopic (exact) mass is 226 g/mol. The number of hydrogen-bond acceptors (Lipinski definition) is 2. The smallest absolute Gasteiger partial charge is 0.266 e. The maximum absolute atomic E-state index is 12.9. The molecule has 3 nitrogen and oxygen atoms in total. The van der Waals surface area contributed by atoms with Gasteiger partial charge in [-0.15, -0.1) is 0 Å². The van der Waals surface area contributed by atoms with Gasteiger partial charge in [0.25, 0.3) is 5.56 Å². The lowest BCUT2D eigenvalue weighted by Gasteiger charge is -2.02. The van der Waals surface area contributed by atoms with Crippen LogP contribution in [0.25, 0.3) is 11.3 Å². The summed E-state index contributed by atoms with van der Waals surface area (Å²) < 4.78 is 38.5. The molecule has 2 rings (SSSR count). The molecule has 0 aliphatic rings. The van der Waals surface area contributed by atoms with E-state index in [1.165, 1.54) is 6.20 Å². The van der Waals surface area contributed by atoms with Crippen molar-refractivity contribution in [3.8, 4) is 11.3 Å². The zero-order valence-electron chi connectivity index (χ0n) is 7.80. The lowest BCUT2D eigenvalue weighted by atomic mass is 10.1. The number of benzene rings is 1. The minimum Gasteiger partial charge on any atom is -0.319 e. The molecule has 1 aromatic heterocycles. The molecule has 1 aromatic carbocycles. The molecule has 0 spiro atoms. The van der Waals surface area contributed by atoms with Gasteiger partial charge in [0.05, 0.1) is 18.1 Å². The molecule has 0 atom stereocenters. The lowest BCUT2D eigenvalue weighted by molar-refractivity contribution is 0.447. The van der Waals surface area contributed by atoms with Crippen LogP contribution in [0.5, 0.6) is 0 Å². The summed E-state index contributed by atoms with van der Waals surface area (Å²) in [5.74, 6) is -4.19. The zero-order chi connectivity index (χ0) is 11.7. The third kappa shape index (κ3) is 1.81. The van der Waals surface area contributed by atoms with Crippen molar-refractivity contribution in [2.75, 3.05) is 0 Å². The van der Waals surface area contributed by atoms with Crippen molar-refractivity contribution < 1.29 is 13.2 Å². The molecule has 0 saturated carbocycles. The van der Waals surface area contributed by atoms with Crippen LogP contribution in [0, 0.1) is 17.5 Å². The molecule has 0 fully saturated rings. The summed E-state index contributed by atoms with van der Waals surface area (Å²) in [7, 11) is 0. The highest BCUT2D eigenvalue weighted by Gasteiger charge is 2.11. The summed E-state index contributed by atoms with van der Waals surface area (Å²) in [6.45, 7) is 0. The molecule has 0 unspecified atom stereocenters. The van der Waals surface area contributed by atoms with Crippen LogP contribution in [0.2, 0.25) is 0 Å². The summed E-state index contributed by atoms with van der Waals surface area (Å²) in [5.41, 5.74) is -0.380. The van der Waals surface area contributed by atoms with Crippen molar-refractivity contribution in [1.29, 1.82) is 0 Å². The quantitative estimate of drug-likeness (QED) is 0.754. The molecule has 0 aliphatic carbocycles. The first-order valence-corrected chi connectivity index (χ1v) is 4.27. The number of nitrogens with zero attached hydrogens (tertiary/aromatic N) is 1. The highest BCUT2D eigenvalue weighted by atomic mass is 19.2. The Morgan fingerprint density at radius 3 is 2.25 bits per heavy atom. The van der Waals surface area contributed by atoms with Crippen molar-refractivity contribution in [1.82, 2.24) is 9.97 Å². The predicted molar refractivity (Wildman–Crippen MR) is 50.2 cm³/mol. The number of aromatic amines is 1. The zero-order valence-corrected chi connectivity index (χ0v) is 7.80. The largest absolute Gasteiger partial charge is 0.319 e. The van der Waals surface area contributed by atoms with Gasteiger partial charge in [-0.1, -0.05) is 0 Å². The van der Waals surface area contributed by atoms with Crippen molar-refractivity contribution in [3.05, 3.63) is 52.3 Å². The summed E-state index contributed by atoms with van der Waals surface area (Å²) >= 11 is 0. The Hall–Kier alpha value is -2.11. The Morgan fingerprint density at radius 1 is 1.06 bits per heavy atom. The van der Waals surface area contributed by atoms with E-state index in [-0.39, 0.29) is 11.3 Å². The van der Waals surface area contributed by atoms with E-state index in [1.807, 2.05) is 0 Å². The molecule has 0 radical (unpaired) electrons. The normalized spacial score (nSPS) is 10.4. The number of rotatable bonds is 1. The van der Waals surface area contributed by atoms with Crippen LogP contribution >= 0.6 is 0 Å². The van der Waals surface area contributed by atoms with Crippen LogP contribution in [0.4, 0.5) is 13.2 Å². The van der Waals surface area contributed by atoms with Crippen LogP contribution < -0.4 is 5.56 Å². The number of aromatic nitrogens is 2. The maximum Gasteiger partial charge on any atom is 0.266 e. The molecule has 82 valence electrons. The fraction of sp³-hybridized carbons (Fsp3) is 0. The summed E-state index contributed by atoms with van der Waals surface area (Å²) in [5, 5.41) is 0. The van der Waals surface area contributed by atoms with E-state index in [0.29, 0.717) is 0 Å². The SMILES string of the molecule is O=c1cncc(-c2cc(F)c(F)c(F)c2)[nH]1. The first-order valence-electron chi connectivity index (χ1n) is 4.27. The van der Waals surface area contributed by atoms with E-state index >= 15 is 0 Å². The minimum atomic E-state index is -1.55. The van der Waals surface area contributed by atoms with Crippen molar-refractivity contribution >= 4 is 0 Å². The van der Waals surface area contributed by atoms with Gasteiger partial charge in [-0.25, -0.2) is 13.2 Å². The average molecular weight is 226 g/mol. The second-order valence-corrected chi connectivity index (χ2v) is 3.06. The van der Waals surface area contributed by atoms with Gasteiger partial charge < -0.3 is 4.98 Å². The molecular weight excluding hydrogens is 221 g/mol. The second kappa shape index (κ2) is 3.80. The Balaban J connectivity index is 2.61. The molecule has 1 heterocycles. The van der Waals surface area contributed by atoms with Gasteiger partial charge in [-0.05, 0) is 12.1 Å². The van der Waals surface area contributed by atoms with E-state index in [4.69, 9.17) is 0 Å². The summed E-state index contributed by atoms with van der Waals surface area (Å²) in [4.78, 5) is 16.8. The maximum atomic E-state index is 12.9. The number of hydrogen-bond donors (Lipinski definition) is 1. The topological polar surface area (TPSA) is 45.8 Å². The van der Waals surface area contributed by atoms with E-state index in [1.54, 1.807) is 0 Å². The number of H-pyrrole nitrogens is 1. The van der Waals surface area contributed by atoms with Crippen LogP contribution in [0.15, 0.2) is 29.3 Å². The Labute approximate surface area is 87.6 Å². The molecular formula is C10H5F3N2O. The van der Waals surface area contributed by atoms with Gasteiger partial charge in [0, 0.05) is 5.56 Å². The van der Waals surface area contributed by atoms with Crippen LogP contribution in [-0.4, -0.2) is 9.97 Å². The van der Waals surface area contributed by atoms with Crippen molar-refractivity contribution in [2.24, 2.45) is 0 Å². The molecule has 2 aromatic rings. The fourth-order valence-corrected chi connectivity index (χ4v) is 1.23. The molecule has 0 amide bonds. The first kappa shape index (κ1) is 10.4. The molecule has 16 heavy (non-hydrogen) atoms. The van der Waals surface area contributed by atoms with Crippen LogP contribution in [0.3, 0.4) is 0 Å². The van der Waals surface area contributed by atoms with E-state index in [9.17, 15) is 18.0 Å². The third-order valence-electron chi connectivity index (χ3n) is 1.95. The van der Waals surface area contributed by atoms with E-state index in [0.717, 1.165) is 18.3 Å². The molecule has 0 bridgehead atoms. The number of halogens is 3. The van der Waals surface area contributed by atoms with Gasteiger partial charge >= 0.3 is 0 Å². The average Bonchev–Trinajstić information content (AvgIpc) is 2.25. The highest BCUT2D eigenvalue weighted by Crippen LogP contribution is 2.20. The fourth-order valence-electron chi connectivity index (χ4n) is 1.23. The van der Waals surface area contributed by atoms with Crippen LogP contribution in [0.1, 0.15) is 0 Å². The Morgan fingerprint density at radius 2 is 1.69 bits per heavy atom. The van der Waals surface area contributed by atoms with Gasteiger partial charge in [-0.2, -0.15) is 0 Å². The summed E-state index contributed by atoms with van der Waals surface area (Å²) in [6.07, 6.45) is 2.23. The Kier molecular flexibility index (Phi) is 2.47. The van der Waals surface area contributed by atoms with Crippen LogP contribution in [-0.2, 0) is 0 Å². The Bertz CT molecular complexity index is 572. The molecule has 6 heteroatoms. The summed E-state index contributed by atoms with van der Waals surface area (Å²) in [6, 6.07) is 1.57. The standard InChI is InChI=1S/C10H5F3N2O/c11-6-1-5(2-7(12)10(6)13)8-3-14-4-9(16)15-8/h1-4H,(H,15,16). The van der Waals surface area contributed by atoms with Crippen molar-refractivity contribution in [3.63, 3.8) is 0 Å². The molecule has 0 saturated heterocycles. The van der Waals surface area contributed by atoms with Crippen molar-refractivity contribution in [2.45, 2.75) is 0 Å². The van der Waals surface area contributed by atoms with Gasteiger partial charge in [0.1, 0.15) is 0 Å². The third-order valence-corrected chi connectivity index (χ3v) is 1.95. The van der Waals surface area contributed by atoms with E-state index in [2.05, 4.69) is 9.97 Å². The number of nitrogens with one attached hydrogen (secondary N) is 1. The minimum absolute atomic E-state index is 0.0154. The molecule has 0 aliphatic heterocycles. The molecule has 1 N–H and O–H groups in total. The van der Waals surface area contributed by atoms with Gasteiger partial charge in [-0.3, -0.25) is 9.78 Å². The van der Waals surface area contributed by atoms with Gasteiger partial charge in [0.15, 0.2) is 17.5 Å². The van der Waals surface area contributed by atoms with Gasteiger partial charge in [0.2, 0.25) is 0 Å². The lowest BCUT2D eigenvalue weighted by Crippen LogP contribution is -2.06. The van der Waals surface area contributed by atoms with E-state index < -0.39 is 23.0 Å².